The second-order valence-corrected chi connectivity index (χ2v) is 7.31. The first-order chi connectivity index (χ1) is 12.2. The van der Waals surface area contributed by atoms with Gasteiger partial charge in [0.05, 0.1) is 10.9 Å². The molecule has 1 amide bonds. The molecule has 128 valence electrons. The number of para-hydroxylation sites is 1. The molecule has 2 aromatic carbocycles. The predicted molar refractivity (Wildman–Crippen MR) is 102 cm³/mol. The number of rotatable bonds is 6. The van der Waals surface area contributed by atoms with Gasteiger partial charge in [-0.1, -0.05) is 52.8 Å². The van der Waals surface area contributed by atoms with Crippen molar-refractivity contribution < 1.29 is 4.79 Å². The highest BCUT2D eigenvalue weighted by Crippen LogP contribution is 2.26. The predicted octanol–water partition coefficient (Wildman–Crippen LogP) is 3.93. The number of nitrogens with zero attached hydrogens (tertiary/aromatic N) is 4. The summed E-state index contributed by atoms with van der Waals surface area (Å²) in [6.07, 6.45) is 0.661. The number of aromatic nitrogens is 4. The molecule has 0 aliphatic heterocycles. The fourth-order valence-electron chi connectivity index (χ4n) is 2.19. The van der Waals surface area contributed by atoms with E-state index in [9.17, 15) is 4.79 Å². The van der Waals surface area contributed by atoms with E-state index in [1.165, 1.54) is 11.8 Å². The van der Waals surface area contributed by atoms with Crippen LogP contribution in [-0.2, 0) is 4.79 Å². The number of halogens is 1. The Bertz CT molecular complexity index is 838. The van der Waals surface area contributed by atoms with Gasteiger partial charge in [0.2, 0.25) is 11.1 Å². The monoisotopic (exact) mass is 417 g/mol. The third-order valence-corrected chi connectivity index (χ3v) is 5.29. The molecule has 0 aliphatic carbocycles. The van der Waals surface area contributed by atoms with Crippen LogP contribution in [-0.4, -0.2) is 31.4 Å². The van der Waals surface area contributed by atoms with Crippen LogP contribution >= 0.6 is 27.7 Å². The average Bonchev–Trinajstić information content (AvgIpc) is 3.10. The van der Waals surface area contributed by atoms with Crippen LogP contribution in [0.15, 0.2) is 64.2 Å². The molecule has 0 spiro atoms. The molecule has 25 heavy (non-hydrogen) atoms. The van der Waals surface area contributed by atoms with Gasteiger partial charge in [0.15, 0.2) is 0 Å². The van der Waals surface area contributed by atoms with Gasteiger partial charge in [0, 0.05) is 10.2 Å². The minimum Gasteiger partial charge on any atom is -0.325 e. The SMILES string of the molecule is CC[C@H](Sc1nnnn1-c1ccccc1)C(=O)Nc1ccc(Br)cc1. The maximum absolute atomic E-state index is 12.6. The molecule has 6 nitrogen and oxygen atoms in total. The number of hydrogen-bond donors (Lipinski definition) is 1. The number of thioether (sulfide) groups is 1. The number of nitrogens with one attached hydrogen (secondary N) is 1. The van der Waals surface area contributed by atoms with Crippen LogP contribution in [0.5, 0.6) is 0 Å². The molecule has 0 bridgehead atoms. The molecule has 0 saturated carbocycles. The summed E-state index contributed by atoms with van der Waals surface area (Å²) in [6.45, 7) is 1.97. The molecule has 0 radical (unpaired) electrons. The second kappa shape index (κ2) is 8.26. The van der Waals surface area contributed by atoms with E-state index in [1.54, 1.807) is 4.68 Å². The zero-order valence-corrected chi connectivity index (χ0v) is 15.9. The average molecular weight is 418 g/mol. The molecule has 8 heteroatoms. The molecule has 1 atom stereocenters. The quantitative estimate of drug-likeness (QED) is 0.614. The number of benzene rings is 2. The molecule has 0 aliphatic rings. The van der Waals surface area contributed by atoms with Gasteiger partial charge in [-0.05, 0) is 53.2 Å². The summed E-state index contributed by atoms with van der Waals surface area (Å²) in [5, 5.41) is 15.1. The summed E-state index contributed by atoms with van der Waals surface area (Å²) in [6, 6.07) is 17.1. The first-order valence-electron chi connectivity index (χ1n) is 7.74. The van der Waals surface area contributed by atoms with E-state index in [1.807, 2.05) is 61.5 Å². The van der Waals surface area contributed by atoms with Gasteiger partial charge in [0.25, 0.3) is 0 Å². The molecule has 3 aromatic rings. The third kappa shape index (κ3) is 4.46. The summed E-state index contributed by atoms with van der Waals surface area (Å²) in [5.74, 6) is -0.0718. The molecule has 1 aromatic heterocycles. The Morgan fingerprint density at radius 2 is 1.92 bits per heavy atom. The van der Waals surface area contributed by atoms with Crippen molar-refractivity contribution in [2.24, 2.45) is 0 Å². The lowest BCUT2D eigenvalue weighted by Gasteiger charge is -2.14. The van der Waals surface area contributed by atoms with Crippen LogP contribution < -0.4 is 5.32 Å². The third-order valence-electron chi connectivity index (χ3n) is 3.46. The van der Waals surface area contributed by atoms with Crippen molar-refractivity contribution >= 4 is 39.3 Å². The lowest BCUT2D eigenvalue weighted by Crippen LogP contribution is -2.25. The van der Waals surface area contributed by atoms with E-state index >= 15 is 0 Å². The van der Waals surface area contributed by atoms with E-state index < -0.39 is 0 Å². The number of carbonyl (C=O) groups is 1. The van der Waals surface area contributed by atoms with E-state index in [0.717, 1.165) is 15.8 Å². The maximum Gasteiger partial charge on any atom is 0.237 e. The minimum absolute atomic E-state index is 0.0718. The summed E-state index contributed by atoms with van der Waals surface area (Å²) in [5.41, 5.74) is 1.62. The lowest BCUT2D eigenvalue weighted by molar-refractivity contribution is -0.115. The number of carbonyl (C=O) groups excluding carboxylic acids is 1. The van der Waals surface area contributed by atoms with Gasteiger partial charge in [0.1, 0.15) is 0 Å². The van der Waals surface area contributed by atoms with Crippen molar-refractivity contribution in [3.63, 3.8) is 0 Å². The number of amides is 1. The van der Waals surface area contributed by atoms with Crippen molar-refractivity contribution in [3.8, 4) is 5.69 Å². The number of hydrogen-bond acceptors (Lipinski definition) is 5. The smallest absolute Gasteiger partial charge is 0.237 e. The molecule has 0 unspecified atom stereocenters. The van der Waals surface area contributed by atoms with E-state index in [0.29, 0.717) is 11.6 Å². The van der Waals surface area contributed by atoms with E-state index in [-0.39, 0.29) is 11.2 Å². The Hall–Kier alpha value is -2.19. The van der Waals surface area contributed by atoms with Crippen molar-refractivity contribution in [2.75, 3.05) is 5.32 Å². The van der Waals surface area contributed by atoms with E-state index in [2.05, 4.69) is 36.8 Å². The Labute approximate surface area is 158 Å². The Balaban J connectivity index is 1.73. The molecule has 0 saturated heterocycles. The summed E-state index contributed by atoms with van der Waals surface area (Å²) in [4.78, 5) is 12.6. The standard InChI is InChI=1S/C17H16BrN5OS/c1-2-15(16(24)19-13-10-8-12(18)9-11-13)25-17-20-21-22-23(17)14-6-4-3-5-7-14/h3-11,15H,2H2,1H3,(H,19,24)/t15-/m0/s1. The first kappa shape index (κ1) is 17.6. The van der Waals surface area contributed by atoms with Crippen LogP contribution in [0.4, 0.5) is 5.69 Å². The Morgan fingerprint density at radius 3 is 2.60 bits per heavy atom. The van der Waals surface area contributed by atoms with Crippen LogP contribution in [0, 0.1) is 0 Å². The second-order valence-electron chi connectivity index (χ2n) is 5.22. The van der Waals surface area contributed by atoms with Gasteiger partial charge in [-0.2, -0.15) is 4.68 Å². The Kier molecular flexibility index (Phi) is 5.83. The van der Waals surface area contributed by atoms with Crippen molar-refractivity contribution in [1.82, 2.24) is 20.2 Å². The topological polar surface area (TPSA) is 72.7 Å². The van der Waals surface area contributed by atoms with Crippen molar-refractivity contribution in [2.45, 2.75) is 23.8 Å². The highest BCUT2D eigenvalue weighted by Gasteiger charge is 2.22. The first-order valence-corrected chi connectivity index (χ1v) is 9.41. The van der Waals surface area contributed by atoms with Crippen LogP contribution in [0.2, 0.25) is 0 Å². The normalized spacial score (nSPS) is 11.9. The number of tetrazole rings is 1. The molecule has 0 fully saturated rings. The fourth-order valence-corrected chi connectivity index (χ4v) is 3.37. The molecule has 3 rings (SSSR count). The van der Waals surface area contributed by atoms with Gasteiger partial charge in [-0.15, -0.1) is 5.10 Å². The van der Waals surface area contributed by atoms with Crippen molar-refractivity contribution in [1.29, 1.82) is 0 Å². The molecular weight excluding hydrogens is 402 g/mol. The Morgan fingerprint density at radius 1 is 1.20 bits per heavy atom. The molecule has 1 heterocycles. The van der Waals surface area contributed by atoms with Gasteiger partial charge >= 0.3 is 0 Å². The summed E-state index contributed by atoms with van der Waals surface area (Å²) in [7, 11) is 0. The zero-order valence-electron chi connectivity index (χ0n) is 13.5. The molecule has 1 N–H and O–H groups in total. The zero-order chi connectivity index (χ0) is 17.6. The lowest BCUT2D eigenvalue weighted by atomic mass is 10.3. The number of anilines is 1. The largest absolute Gasteiger partial charge is 0.325 e. The van der Waals surface area contributed by atoms with E-state index in [4.69, 9.17) is 0 Å². The van der Waals surface area contributed by atoms with Gasteiger partial charge in [-0.25, -0.2) is 0 Å². The fraction of sp³-hybridized carbons (Fsp3) is 0.176. The van der Waals surface area contributed by atoms with Gasteiger partial charge < -0.3 is 5.32 Å². The van der Waals surface area contributed by atoms with Crippen LogP contribution in [0.3, 0.4) is 0 Å². The van der Waals surface area contributed by atoms with Gasteiger partial charge in [-0.3, -0.25) is 4.79 Å². The van der Waals surface area contributed by atoms with Crippen molar-refractivity contribution in [3.05, 3.63) is 59.1 Å². The highest BCUT2D eigenvalue weighted by atomic mass is 79.9. The van der Waals surface area contributed by atoms with Crippen LogP contribution in [0.1, 0.15) is 13.3 Å². The summed E-state index contributed by atoms with van der Waals surface area (Å²) >= 11 is 4.74. The summed E-state index contributed by atoms with van der Waals surface area (Å²) < 4.78 is 2.61. The molecular formula is C17H16BrN5OS. The minimum atomic E-state index is -0.294. The maximum atomic E-state index is 12.6. The van der Waals surface area contributed by atoms with Crippen LogP contribution in [0.25, 0.3) is 5.69 Å². The highest BCUT2D eigenvalue weighted by molar-refractivity contribution is 9.10.